The third-order valence-electron chi connectivity index (χ3n) is 7.60. The lowest BCUT2D eigenvalue weighted by atomic mass is 9.93. The summed E-state index contributed by atoms with van der Waals surface area (Å²) in [6.07, 6.45) is 2.43. The molecule has 0 bridgehead atoms. The molecule has 8 heteroatoms. The number of fused-ring (bicyclic) bond motifs is 1. The van der Waals surface area contributed by atoms with Crippen LogP contribution in [0, 0.1) is 0 Å². The first-order valence-electron chi connectivity index (χ1n) is 14.6. The molecule has 4 aromatic rings. The third-order valence-corrected chi connectivity index (χ3v) is 7.60. The Balaban J connectivity index is 0.00000442. The summed E-state index contributed by atoms with van der Waals surface area (Å²) in [5.41, 5.74) is 4.51. The Bertz CT molecular complexity index is 1620. The molecule has 44 heavy (non-hydrogen) atoms. The number of ether oxygens (including phenoxy) is 1. The number of aromatic amines is 1. The highest BCUT2D eigenvalue weighted by atomic mass is 16.6. The first kappa shape index (κ1) is 32.2. The lowest BCUT2D eigenvalue weighted by Crippen LogP contribution is -2.45. The molecule has 0 spiro atoms. The number of nitrogens with zero attached hydrogens (tertiary/aromatic N) is 1. The number of carbonyl (C=O) groups is 4. The molecule has 2 N–H and O–H groups in total. The van der Waals surface area contributed by atoms with Gasteiger partial charge in [0.15, 0.2) is 0 Å². The first-order chi connectivity index (χ1) is 20.6. The molecule has 0 radical (unpaired) electrons. The fraction of sp³-hybridized carbons (Fsp3) is 0.333. The van der Waals surface area contributed by atoms with Crippen LogP contribution in [0.2, 0.25) is 0 Å². The quantitative estimate of drug-likeness (QED) is 0.166. The minimum atomic E-state index is -0.741. The van der Waals surface area contributed by atoms with Crippen LogP contribution in [0.5, 0.6) is 0 Å². The van der Waals surface area contributed by atoms with E-state index in [-0.39, 0.29) is 25.7 Å². The standard InChI is InChI=1S/C35H37N3O5.CH4/c1-35(2,3)43-32(40)22-28(24-8-5-4-6-9-24)34(42)38-18-7-10-31(38)33(41)36-27-14-12-25(13-15-27)30-21-26-20-23(17-19-39)11-16-29(26)37-30;/h4-6,8-9,11-16,19-21,28,31,37H,7,10,17-18,22H2,1-3H3,(H,36,41);1H4/t28-,31+;/m1./s1. The zero-order chi connectivity index (χ0) is 30.6. The van der Waals surface area contributed by atoms with E-state index in [0.717, 1.165) is 39.6 Å². The van der Waals surface area contributed by atoms with Crippen molar-refractivity contribution in [3.05, 3.63) is 90.0 Å². The van der Waals surface area contributed by atoms with Crippen molar-refractivity contribution in [1.82, 2.24) is 9.88 Å². The Morgan fingerprint density at radius 1 is 1.02 bits per heavy atom. The Labute approximate surface area is 258 Å². The molecule has 3 aromatic carbocycles. The topological polar surface area (TPSA) is 109 Å². The number of esters is 1. The number of anilines is 1. The van der Waals surface area contributed by atoms with Gasteiger partial charge in [-0.25, -0.2) is 0 Å². The summed E-state index contributed by atoms with van der Waals surface area (Å²) >= 11 is 0. The van der Waals surface area contributed by atoms with Crippen LogP contribution in [0.25, 0.3) is 22.2 Å². The maximum absolute atomic E-state index is 13.9. The van der Waals surface area contributed by atoms with Crippen LogP contribution in [-0.2, 0) is 30.3 Å². The van der Waals surface area contributed by atoms with Crippen LogP contribution in [-0.4, -0.2) is 52.1 Å². The van der Waals surface area contributed by atoms with Gasteiger partial charge >= 0.3 is 5.97 Å². The number of hydrogen-bond acceptors (Lipinski definition) is 5. The average molecular weight is 596 g/mol. The van der Waals surface area contributed by atoms with E-state index in [1.807, 2.05) is 78.9 Å². The fourth-order valence-electron chi connectivity index (χ4n) is 5.61. The number of likely N-dealkylation sites (tertiary alicyclic amines) is 1. The van der Waals surface area contributed by atoms with Crippen LogP contribution in [0.3, 0.4) is 0 Å². The van der Waals surface area contributed by atoms with Gasteiger partial charge in [0.25, 0.3) is 0 Å². The molecule has 2 atom stereocenters. The minimum Gasteiger partial charge on any atom is -0.460 e. The zero-order valence-corrected chi connectivity index (χ0v) is 24.8. The number of benzene rings is 3. The van der Waals surface area contributed by atoms with Crippen molar-refractivity contribution in [2.45, 2.75) is 71.4 Å². The normalized spacial score (nSPS) is 15.3. The number of amides is 2. The van der Waals surface area contributed by atoms with Crippen molar-refractivity contribution in [3.63, 3.8) is 0 Å². The van der Waals surface area contributed by atoms with Gasteiger partial charge in [-0.1, -0.05) is 56.0 Å². The molecule has 5 rings (SSSR count). The van der Waals surface area contributed by atoms with Crippen molar-refractivity contribution < 1.29 is 23.9 Å². The molecule has 2 heterocycles. The van der Waals surface area contributed by atoms with E-state index in [2.05, 4.69) is 10.3 Å². The second-order valence-electron chi connectivity index (χ2n) is 12.0. The highest BCUT2D eigenvalue weighted by Crippen LogP contribution is 2.30. The highest BCUT2D eigenvalue weighted by Gasteiger charge is 2.39. The van der Waals surface area contributed by atoms with Gasteiger partial charge in [0.2, 0.25) is 11.8 Å². The van der Waals surface area contributed by atoms with Gasteiger partial charge in [0, 0.05) is 35.2 Å². The summed E-state index contributed by atoms with van der Waals surface area (Å²) in [6, 6.07) is 24.0. The second-order valence-corrected chi connectivity index (χ2v) is 12.0. The molecule has 0 unspecified atom stereocenters. The summed E-state index contributed by atoms with van der Waals surface area (Å²) in [6.45, 7) is 5.83. The maximum atomic E-state index is 13.9. The average Bonchev–Trinajstić information content (AvgIpc) is 3.63. The van der Waals surface area contributed by atoms with E-state index in [1.54, 1.807) is 25.7 Å². The van der Waals surface area contributed by atoms with Gasteiger partial charge in [0.05, 0.1) is 12.3 Å². The van der Waals surface area contributed by atoms with Gasteiger partial charge in [-0.2, -0.15) is 0 Å². The molecule has 1 aromatic heterocycles. The van der Waals surface area contributed by atoms with Crippen molar-refractivity contribution in [2.75, 3.05) is 11.9 Å². The Morgan fingerprint density at radius 2 is 1.75 bits per heavy atom. The van der Waals surface area contributed by atoms with Crippen LogP contribution in [0.4, 0.5) is 5.69 Å². The van der Waals surface area contributed by atoms with Crippen LogP contribution < -0.4 is 5.32 Å². The maximum Gasteiger partial charge on any atom is 0.307 e. The van der Waals surface area contributed by atoms with E-state index in [9.17, 15) is 19.2 Å². The van der Waals surface area contributed by atoms with Gasteiger partial charge in [0.1, 0.15) is 17.9 Å². The number of rotatable bonds is 9. The van der Waals surface area contributed by atoms with Gasteiger partial charge < -0.3 is 24.7 Å². The smallest absolute Gasteiger partial charge is 0.307 e. The molecular weight excluding hydrogens is 554 g/mol. The monoisotopic (exact) mass is 595 g/mol. The molecule has 1 fully saturated rings. The summed E-state index contributed by atoms with van der Waals surface area (Å²) in [7, 11) is 0. The zero-order valence-electron chi connectivity index (χ0n) is 24.8. The summed E-state index contributed by atoms with van der Waals surface area (Å²) in [5, 5.41) is 4.00. The van der Waals surface area contributed by atoms with Crippen molar-refractivity contribution in [2.24, 2.45) is 0 Å². The van der Waals surface area contributed by atoms with E-state index < -0.39 is 23.5 Å². The number of nitrogens with one attached hydrogen (secondary N) is 2. The minimum absolute atomic E-state index is 0. The predicted octanol–water partition coefficient (Wildman–Crippen LogP) is 6.66. The summed E-state index contributed by atoms with van der Waals surface area (Å²) in [4.78, 5) is 55.9. The molecule has 230 valence electrons. The number of hydrogen-bond donors (Lipinski definition) is 2. The van der Waals surface area contributed by atoms with E-state index in [0.29, 0.717) is 31.5 Å². The second kappa shape index (κ2) is 13.7. The van der Waals surface area contributed by atoms with Gasteiger partial charge in [-0.15, -0.1) is 0 Å². The molecule has 8 nitrogen and oxygen atoms in total. The lowest BCUT2D eigenvalue weighted by molar-refractivity contribution is -0.157. The molecule has 0 saturated carbocycles. The summed E-state index contributed by atoms with van der Waals surface area (Å²) < 4.78 is 5.53. The van der Waals surface area contributed by atoms with Crippen LogP contribution in [0.1, 0.15) is 64.5 Å². The summed E-state index contributed by atoms with van der Waals surface area (Å²) in [5.74, 6) is -1.70. The van der Waals surface area contributed by atoms with Gasteiger partial charge in [-0.3, -0.25) is 14.4 Å². The molecule has 1 aliphatic heterocycles. The predicted molar refractivity (Wildman–Crippen MR) is 173 cm³/mol. The number of H-pyrrole nitrogens is 1. The molecule has 0 aliphatic carbocycles. The third kappa shape index (κ3) is 7.61. The molecule has 2 amide bonds. The SMILES string of the molecule is C.CC(C)(C)OC(=O)C[C@@H](C(=O)N1CCC[C@H]1C(=O)Nc1ccc(-c2cc3cc(CC=O)ccc3[nH]2)cc1)c1ccccc1. The number of aldehydes is 1. The molecule has 1 aliphatic rings. The lowest BCUT2D eigenvalue weighted by Gasteiger charge is -2.29. The Hall–Kier alpha value is -4.72. The van der Waals surface area contributed by atoms with Crippen molar-refractivity contribution >= 4 is 40.7 Å². The van der Waals surface area contributed by atoms with Crippen molar-refractivity contribution in [3.8, 4) is 11.3 Å². The van der Waals surface area contributed by atoms with Gasteiger partial charge in [-0.05, 0) is 80.6 Å². The number of carbonyl (C=O) groups excluding carboxylic acids is 4. The first-order valence-corrected chi connectivity index (χ1v) is 14.6. The molecule has 1 saturated heterocycles. The van der Waals surface area contributed by atoms with E-state index in [4.69, 9.17) is 4.74 Å². The Morgan fingerprint density at radius 3 is 2.43 bits per heavy atom. The molecular formula is C36H41N3O5. The number of aromatic nitrogens is 1. The largest absolute Gasteiger partial charge is 0.460 e. The fourth-order valence-corrected chi connectivity index (χ4v) is 5.61. The van der Waals surface area contributed by atoms with Crippen LogP contribution in [0.15, 0.2) is 78.9 Å². The van der Waals surface area contributed by atoms with Crippen LogP contribution >= 0.6 is 0 Å². The van der Waals surface area contributed by atoms with Crippen molar-refractivity contribution in [1.29, 1.82) is 0 Å². The van der Waals surface area contributed by atoms with E-state index in [1.165, 1.54) is 0 Å². The Kier molecular flexibility index (Phi) is 10.0. The van der Waals surface area contributed by atoms with E-state index >= 15 is 0 Å². The highest BCUT2D eigenvalue weighted by molar-refractivity contribution is 5.99.